The first-order chi connectivity index (χ1) is 13.9. The first-order valence-electron chi connectivity index (χ1n) is 10.6. The summed E-state index contributed by atoms with van der Waals surface area (Å²) < 4.78 is 39.5. The highest BCUT2D eigenvalue weighted by molar-refractivity contribution is 7.89. The van der Waals surface area contributed by atoms with Crippen molar-refractivity contribution >= 4 is 28.3 Å². The highest BCUT2D eigenvalue weighted by atomic mass is 35.5. The van der Waals surface area contributed by atoms with E-state index >= 15 is 0 Å². The van der Waals surface area contributed by atoms with Gasteiger partial charge >= 0.3 is 0 Å². The fourth-order valence-electron chi connectivity index (χ4n) is 4.59. The molecule has 0 spiro atoms. The summed E-state index contributed by atoms with van der Waals surface area (Å²) in [6, 6.07) is 5.58. The second kappa shape index (κ2) is 10.9. The number of carbonyl (C=O) groups excluding carboxylic acids is 1. The molecule has 0 radical (unpaired) electrons. The summed E-state index contributed by atoms with van der Waals surface area (Å²) in [5.41, 5.74) is 0.321. The van der Waals surface area contributed by atoms with Gasteiger partial charge in [-0.3, -0.25) is 9.69 Å². The molecule has 1 heterocycles. The number of nitrogens with zero attached hydrogens (tertiary/aromatic N) is 2. The van der Waals surface area contributed by atoms with Crippen LogP contribution < -0.4 is 5.32 Å². The summed E-state index contributed by atoms with van der Waals surface area (Å²) in [5.74, 6) is -0.355. The van der Waals surface area contributed by atoms with Crippen molar-refractivity contribution in [1.82, 2.24) is 14.5 Å². The molecule has 0 unspecified atom stereocenters. The molecule has 30 heavy (non-hydrogen) atoms. The number of benzene rings is 1. The molecule has 2 fully saturated rings. The Bertz CT molecular complexity index is 790. The van der Waals surface area contributed by atoms with Crippen LogP contribution in [0, 0.1) is 5.82 Å². The number of rotatable bonds is 7. The quantitative estimate of drug-likeness (QED) is 0.677. The van der Waals surface area contributed by atoms with Gasteiger partial charge in [-0.2, -0.15) is 4.31 Å². The number of halogens is 2. The van der Waals surface area contributed by atoms with Gasteiger partial charge in [-0.1, -0.05) is 26.2 Å². The number of sulfonamides is 1. The van der Waals surface area contributed by atoms with Gasteiger partial charge < -0.3 is 5.32 Å². The molecule has 1 aromatic carbocycles. The van der Waals surface area contributed by atoms with Crippen molar-refractivity contribution < 1.29 is 17.6 Å². The molecule has 1 saturated heterocycles. The monoisotopic (exact) mass is 461 g/mol. The maximum absolute atomic E-state index is 13.1. The molecule has 0 bridgehead atoms. The third-order valence-corrected chi connectivity index (χ3v) is 8.31. The van der Waals surface area contributed by atoms with Gasteiger partial charge in [0.25, 0.3) is 5.91 Å². The van der Waals surface area contributed by atoms with Crippen molar-refractivity contribution in [2.24, 2.45) is 0 Å². The zero-order chi connectivity index (χ0) is 20.9. The van der Waals surface area contributed by atoms with Gasteiger partial charge in [-0.15, -0.1) is 12.4 Å². The Hall–Kier alpha value is -1.22. The molecule has 1 aliphatic carbocycles. The first kappa shape index (κ1) is 25.0. The van der Waals surface area contributed by atoms with E-state index in [2.05, 4.69) is 10.2 Å². The van der Waals surface area contributed by atoms with Gasteiger partial charge in [0.15, 0.2) is 0 Å². The molecule has 170 valence electrons. The van der Waals surface area contributed by atoms with Crippen LogP contribution in [-0.4, -0.2) is 67.5 Å². The molecule has 3 rings (SSSR count). The second-order valence-corrected chi connectivity index (χ2v) is 10.3. The van der Waals surface area contributed by atoms with Crippen LogP contribution in [0.25, 0.3) is 0 Å². The van der Waals surface area contributed by atoms with Crippen LogP contribution >= 0.6 is 12.4 Å². The minimum Gasteiger partial charge on any atom is -0.350 e. The van der Waals surface area contributed by atoms with Crippen LogP contribution in [0.4, 0.5) is 4.39 Å². The molecule has 0 atom stereocenters. The standard InChI is InChI=1S/C21H32FN3O3S.ClH/c1-2-16-29(27,28)25-14-12-24(13-15-25)21(10-4-3-5-11-21)17-23-20(26)18-6-8-19(22)9-7-18;/h6-9H,2-5,10-17H2,1H3,(H,23,26);1H. The van der Waals surface area contributed by atoms with Crippen LogP contribution in [0.1, 0.15) is 55.8 Å². The molecule has 0 aromatic heterocycles. The van der Waals surface area contributed by atoms with E-state index in [-0.39, 0.29) is 35.4 Å². The summed E-state index contributed by atoms with van der Waals surface area (Å²) >= 11 is 0. The van der Waals surface area contributed by atoms with E-state index in [1.807, 2.05) is 6.92 Å². The molecule has 9 heteroatoms. The van der Waals surface area contributed by atoms with Crippen LogP contribution in [0.15, 0.2) is 24.3 Å². The fourth-order valence-corrected chi connectivity index (χ4v) is 6.08. The van der Waals surface area contributed by atoms with E-state index in [1.165, 1.54) is 30.7 Å². The fraction of sp³-hybridized carbons (Fsp3) is 0.667. The van der Waals surface area contributed by atoms with Gasteiger partial charge in [0.05, 0.1) is 5.75 Å². The van der Waals surface area contributed by atoms with Gasteiger partial charge in [-0.25, -0.2) is 12.8 Å². The Kier molecular flexibility index (Phi) is 9.09. The summed E-state index contributed by atoms with van der Waals surface area (Å²) in [7, 11) is -3.17. The topological polar surface area (TPSA) is 69.7 Å². The van der Waals surface area contributed by atoms with Crippen molar-refractivity contribution in [2.75, 3.05) is 38.5 Å². The lowest BCUT2D eigenvalue weighted by atomic mass is 9.79. The third kappa shape index (κ3) is 5.93. The number of hydrogen-bond donors (Lipinski definition) is 1. The average molecular weight is 462 g/mol. The minimum absolute atomic E-state index is 0. The van der Waals surface area contributed by atoms with Crippen molar-refractivity contribution in [3.05, 3.63) is 35.6 Å². The molecular weight excluding hydrogens is 429 g/mol. The Morgan fingerprint density at radius 2 is 1.67 bits per heavy atom. The molecule has 1 N–H and O–H groups in total. The Morgan fingerprint density at radius 3 is 2.23 bits per heavy atom. The number of amides is 1. The summed E-state index contributed by atoms with van der Waals surface area (Å²) in [5, 5.41) is 3.05. The Morgan fingerprint density at radius 1 is 1.07 bits per heavy atom. The Balaban J connectivity index is 0.00000320. The average Bonchev–Trinajstić information content (AvgIpc) is 2.73. The van der Waals surface area contributed by atoms with E-state index in [1.54, 1.807) is 4.31 Å². The van der Waals surface area contributed by atoms with E-state index < -0.39 is 10.0 Å². The summed E-state index contributed by atoms with van der Waals surface area (Å²) in [6.07, 6.45) is 6.04. The number of nitrogens with one attached hydrogen (secondary N) is 1. The lowest BCUT2D eigenvalue weighted by Crippen LogP contribution is -2.62. The normalized spacial score (nSPS) is 20.3. The van der Waals surface area contributed by atoms with Crippen LogP contribution in [-0.2, 0) is 10.0 Å². The van der Waals surface area contributed by atoms with Gasteiger partial charge in [0.1, 0.15) is 5.82 Å². The summed E-state index contributed by atoms with van der Waals surface area (Å²) in [6.45, 7) is 4.82. The van der Waals surface area contributed by atoms with E-state index in [4.69, 9.17) is 0 Å². The van der Waals surface area contributed by atoms with E-state index in [0.29, 0.717) is 44.7 Å². The molecule has 2 aliphatic rings. The van der Waals surface area contributed by atoms with Crippen molar-refractivity contribution in [1.29, 1.82) is 0 Å². The first-order valence-corrected chi connectivity index (χ1v) is 12.2. The lowest BCUT2D eigenvalue weighted by Gasteiger charge is -2.49. The largest absolute Gasteiger partial charge is 0.350 e. The number of carbonyl (C=O) groups is 1. The molecule has 1 amide bonds. The molecule has 1 saturated carbocycles. The number of piperazine rings is 1. The van der Waals surface area contributed by atoms with Crippen molar-refractivity contribution in [3.8, 4) is 0 Å². The van der Waals surface area contributed by atoms with Crippen LogP contribution in [0.3, 0.4) is 0 Å². The van der Waals surface area contributed by atoms with Crippen molar-refractivity contribution in [2.45, 2.75) is 51.0 Å². The minimum atomic E-state index is -3.17. The van der Waals surface area contributed by atoms with Gasteiger partial charge in [0, 0.05) is 43.8 Å². The van der Waals surface area contributed by atoms with Crippen molar-refractivity contribution in [3.63, 3.8) is 0 Å². The maximum Gasteiger partial charge on any atom is 0.251 e. The lowest BCUT2D eigenvalue weighted by molar-refractivity contribution is 0.0240. The highest BCUT2D eigenvalue weighted by Gasteiger charge is 2.40. The molecule has 1 aliphatic heterocycles. The third-order valence-electron chi connectivity index (χ3n) is 6.23. The zero-order valence-corrected chi connectivity index (χ0v) is 19.2. The SMILES string of the molecule is CCCS(=O)(=O)N1CCN(C2(CNC(=O)c3ccc(F)cc3)CCCCC2)CC1.Cl. The maximum atomic E-state index is 13.1. The Labute approximate surface area is 185 Å². The molecule has 6 nitrogen and oxygen atoms in total. The van der Waals surface area contributed by atoms with Gasteiger partial charge in [-0.05, 0) is 43.5 Å². The van der Waals surface area contributed by atoms with E-state index in [0.717, 1.165) is 25.7 Å². The van der Waals surface area contributed by atoms with Crippen LogP contribution in [0.5, 0.6) is 0 Å². The number of hydrogen-bond acceptors (Lipinski definition) is 4. The molecule has 1 aromatic rings. The summed E-state index contributed by atoms with van der Waals surface area (Å²) in [4.78, 5) is 14.9. The predicted octanol–water partition coefficient (Wildman–Crippen LogP) is 3.04. The second-order valence-electron chi connectivity index (χ2n) is 8.18. The van der Waals surface area contributed by atoms with Gasteiger partial charge in [0.2, 0.25) is 10.0 Å². The zero-order valence-electron chi connectivity index (χ0n) is 17.6. The van der Waals surface area contributed by atoms with E-state index in [9.17, 15) is 17.6 Å². The molecular formula is C21H33ClFN3O3S. The smallest absolute Gasteiger partial charge is 0.251 e. The van der Waals surface area contributed by atoms with Crippen LogP contribution in [0.2, 0.25) is 0 Å². The predicted molar refractivity (Wildman–Crippen MR) is 119 cm³/mol. The highest BCUT2D eigenvalue weighted by Crippen LogP contribution is 2.34.